The van der Waals surface area contributed by atoms with Crippen LogP contribution < -0.4 is 10.2 Å². The van der Waals surface area contributed by atoms with E-state index in [0.717, 1.165) is 13.1 Å². The molecule has 1 amide bonds. The van der Waals surface area contributed by atoms with Crippen LogP contribution >= 0.6 is 23.2 Å². The normalized spacial score (nSPS) is 18.7. The molecule has 1 aromatic heterocycles. The summed E-state index contributed by atoms with van der Waals surface area (Å²) < 4.78 is 16.7. The highest BCUT2D eigenvalue weighted by atomic mass is 35.5. The number of hydrogen-bond donors (Lipinski definition) is 0. The second kappa shape index (κ2) is 8.99. The first-order valence-corrected chi connectivity index (χ1v) is 11.4. The van der Waals surface area contributed by atoms with Gasteiger partial charge in [-0.15, -0.1) is 0 Å². The van der Waals surface area contributed by atoms with Crippen molar-refractivity contribution in [1.29, 1.82) is 0 Å². The number of hydrogen-bond acceptors (Lipinski definition) is 6. The topological polar surface area (TPSA) is 72.2 Å². The van der Waals surface area contributed by atoms with Crippen LogP contribution in [-0.4, -0.2) is 62.2 Å². The van der Waals surface area contributed by atoms with Gasteiger partial charge in [-0.2, -0.15) is 0 Å². The minimum Gasteiger partial charge on any atom is -0.497 e. The molecule has 0 N–H and O–H groups in total. The van der Waals surface area contributed by atoms with Gasteiger partial charge in [0.1, 0.15) is 11.3 Å². The van der Waals surface area contributed by atoms with Crippen molar-refractivity contribution in [3.63, 3.8) is 0 Å². The van der Waals surface area contributed by atoms with E-state index in [9.17, 15) is 9.59 Å². The van der Waals surface area contributed by atoms with Crippen molar-refractivity contribution in [3.8, 4) is 5.75 Å². The van der Waals surface area contributed by atoms with Gasteiger partial charge in [0, 0.05) is 32.2 Å². The van der Waals surface area contributed by atoms with Gasteiger partial charge < -0.3 is 18.8 Å². The van der Waals surface area contributed by atoms with Gasteiger partial charge >= 0.3 is 0 Å². The van der Waals surface area contributed by atoms with Crippen LogP contribution in [0.4, 0.5) is 0 Å². The average Bonchev–Trinajstić information content (AvgIpc) is 3.11. The fourth-order valence-electron chi connectivity index (χ4n) is 4.46. The molecule has 0 saturated carbocycles. The van der Waals surface area contributed by atoms with Crippen LogP contribution in [0.15, 0.2) is 45.6 Å². The Labute approximate surface area is 200 Å². The minimum absolute atomic E-state index is 0.0544. The van der Waals surface area contributed by atoms with E-state index >= 15 is 0 Å². The molecule has 1 atom stereocenters. The van der Waals surface area contributed by atoms with Crippen molar-refractivity contribution in [2.45, 2.75) is 6.04 Å². The molecule has 3 heterocycles. The van der Waals surface area contributed by atoms with Gasteiger partial charge in [-0.05, 0) is 29.8 Å². The van der Waals surface area contributed by atoms with E-state index in [4.69, 9.17) is 37.1 Å². The summed E-state index contributed by atoms with van der Waals surface area (Å²) in [7, 11) is 1.53. The lowest BCUT2D eigenvalue weighted by atomic mass is 9.98. The molecule has 7 nitrogen and oxygen atoms in total. The van der Waals surface area contributed by atoms with Crippen LogP contribution in [0.2, 0.25) is 10.0 Å². The lowest BCUT2D eigenvalue weighted by Crippen LogP contribution is -2.42. The molecule has 0 aliphatic carbocycles. The number of rotatable bonds is 5. The quantitative estimate of drug-likeness (QED) is 0.540. The zero-order chi connectivity index (χ0) is 23.1. The number of nitrogens with zero attached hydrogens (tertiary/aromatic N) is 2. The molecule has 9 heteroatoms. The molecular formula is C24H22Cl2N2O5. The van der Waals surface area contributed by atoms with Gasteiger partial charge in [0.25, 0.3) is 5.91 Å². The van der Waals surface area contributed by atoms with Crippen molar-refractivity contribution < 1.29 is 18.7 Å². The lowest BCUT2D eigenvalue weighted by Gasteiger charge is -2.31. The summed E-state index contributed by atoms with van der Waals surface area (Å²) in [6.45, 7) is 4.01. The Hall–Kier alpha value is -2.58. The van der Waals surface area contributed by atoms with E-state index in [1.807, 2.05) is 0 Å². The Morgan fingerprint density at radius 1 is 1.03 bits per heavy atom. The van der Waals surface area contributed by atoms with Crippen LogP contribution in [0, 0.1) is 0 Å². The van der Waals surface area contributed by atoms with Crippen molar-refractivity contribution in [2.24, 2.45) is 0 Å². The number of halogens is 2. The zero-order valence-corrected chi connectivity index (χ0v) is 19.5. The number of ether oxygens (including phenoxy) is 2. The Balaban J connectivity index is 1.62. The van der Waals surface area contributed by atoms with Crippen molar-refractivity contribution in [3.05, 3.63) is 73.6 Å². The number of benzene rings is 2. The van der Waals surface area contributed by atoms with Crippen molar-refractivity contribution >= 4 is 40.1 Å². The fraction of sp³-hybridized carbons (Fsp3) is 0.333. The highest BCUT2D eigenvalue weighted by molar-refractivity contribution is 6.42. The largest absolute Gasteiger partial charge is 0.497 e. The van der Waals surface area contributed by atoms with E-state index in [-0.39, 0.29) is 17.1 Å². The summed E-state index contributed by atoms with van der Waals surface area (Å²) >= 11 is 12.4. The molecule has 0 spiro atoms. The average molecular weight is 489 g/mol. The van der Waals surface area contributed by atoms with Crippen LogP contribution in [0.1, 0.15) is 27.7 Å². The Bertz CT molecular complexity index is 1290. The Morgan fingerprint density at radius 3 is 2.55 bits per heavy atom. The third kappa shape index (κ3) is 3.99. The van der Waals surface area contributed by atoms with E-state index in [0.29, 0.717) is 64.2 Å². The highest BCUT2D eigenvalue weighted by Crippen LogP contribution is 2.40. The standard InChI is InChI=1S/C24H22Cl2N2O5/c1-31-15-3-4-16-19(13-15)33-23-20(22(16)29)21(14-2-5-17(25)18(26)12-14)28(24(23)30)7-6-27-8-10-32-11-9-27/h2-5,12-13,21H,6-11H2,1H3/t21-/m0/s1. The second-order valence-corrected chi connectivity index (χ2v) is 8.88. The van der Waals surface area contributed by atoms with E-state index < -0.39 is 6.04 Å². The van der Waals surface area contributed by atoms with Gasteiger partial charge in [-0.1, -0.05) is 29.3 Å². The molecular weight excluding hydrogens is 467 g/mol. The first-order valence-electron chi connectivity index (χ1n) is 10.7. The van der Waals surface area contributed by atoms with E-state index in [2.05, 4.69) is 4.90 Å². The zero-order valence-electron chi connectivity index (χ0n) is 18.0. The smallest absolute Gasteiger partial charge is 0.290 e. The maximum absolute atomic E-state index is 13.6. The minimum atomic E-state index is -0.619. The predicted octanol–water partition coefficient (Wildman–Crippen LogP) is 3.99. The molecule has 2 aliphatic heterocycles. The molecule has 0 unspecified atom stereocenters. The molecule has 33 heavy (non-hydrogen) atoms. The van der Waals surface area contributed by atoms with Gasteiger partial charge in [-0.3, -0.25) is 14.5 Å². The van der Waals surface area contributed by atoms with Crippen LogP contribution in [0.5, 0.6) is 5.75 Å². The van der Waals surface area contributed by atoms with Gasteiger partial charge in [0.15, 0.2) is 5.43 Å². The molecule has 172 valence electrons. The first-order chi connectivity index (χ1) is 16.0. The molecule has 2 aliphatic rings. The van der Waals surface area contributed by atoms with Gasteiger partial charge in [0.05, 0.1) is 47.4 Å². The Morgan fingerprint density at radius 2 is 1.82 bits per heavy atom. The molecule has 2 aromatic carbocycles. The Kier molecular flexibility index (Phi) is 6.05. The van der Waals surface area contributed by atoms with Crippen LogP contribution in [-0.2, 0) is 4.74 Å². The van der Waals surface area contributed by atoms with E-state index in [1.54, 1.807) is 41.3 Å². The molecule has 1 fully saturated rings. The SMILES string of the molecule is COc1ccc2c(=O)c3c(oc2c1)C(=O)N(CCN1CCOCC1)[C@H]3c1ccc(Cl)c(Cl)c1. The summed E-state index contributed by atoms with van der Waals surface area (Å²) in [6.07, 6.45) is 0. The molecule has 0 radical (unpaired) electrons. The number of carbonyl (C=O) groups excluding carboxylic acids is 1. The third-order valence-electron chi connectivity index (χ3n) is 6.20. The second-order valence-electron chi connectivity index (χ2n) is 8.06. The number of morpholine rings is 1. The lowest BCUT2D eigenvalue weighted by molar-refractivity contribution is 0.0314. The maximum atomic E-state index is 13.6. The summed E-state index contributed by atoms with van der Waals surface area (Å²) in [6, 6.07) is 9.53. The van der Waals surface area contributed by atoms with Gasteiger partial charge in [0.2, 0.25) is 5.76 Å². The number of amides is 1. The summed E-state index contributed by atoms with van der Waals surface area (Å²) in [5.41, 5.74) is 1.10. The molecule has 1 saturated heterocycles. The number of methoxy groups -OCH3 is 1. The summed E-state index contributed by atoms with van der Waals surface area (Å²) in [5.74, 6) is 0.274. The van der Waals surface area contributed by atoms with Crippen LogP contribution in [0.3, 0.4) is 0 Å². The highest BCUT2D eigenvalue weighted by Gasteiger charge is 2.42. The monoisotopic (exact) mass is 488 g/mol. The fourth-order valence-corrected chi connectivity index (χ4v) is 4.77. The summed E-state index contributed by atoms with van der Waals surface area (Å²) in [4.78, 5) is 31.0. The summed E-state index contributed by atoms with van der Waals surface area (Å²) in [5, 5.41) is 1.16. The maximum Gasteiger partial charge on any atom is 0.290 e. The first kappa shape index (κ1) is 22.2. The van der Waals surface area contributed by atoms with E-state index in [1.165, 1.54) is 7.11 Å². The predicted molar refractivity (Wildman–Crippen MR) is 126 cm³/mol. The van der Waals surface area contributed by atoms with Crippen LogP contribution in [0.25, 0.3) is 11.0 Å². The molecule has 0 bridgehead atoms. The van der Waals surface area contributed by atoms with Crippen molar-refractivity contribution in [2.75, 3.05) is 46.5 Å². The molecule has 5 rings (SSSR count). The number of carbonyl (C=O) groups is 1. The third-order valence-corrected chi connectivity index (χ3v) is 6.93. The number of fused-ring (bicyclic) bond motifs is 2. The van der Waals surface area contributed by atoms with Crippen molar-refractivity contribution in [1.82, 2.24) is 9.80 Å². The molecule has 3 aromatic rings. The van der Waals surface area contributed by atoms with Gasteiger partial charge in [-0.25, -0.2) is 0 Å².